The van der Waals surface area contributed by atoms with Gasteiger partial charge in [0.15, 0.2) is 11.5 Å². The average molecular weight is 461 g/mol. The van der Waals surface area contributed by atoms with Gasteiger partial charge in [0.05, 0.1) is 13.7 Å². The molecule has 3 amide bonds. The Morgan fingerprint density at radius 1 is 1.09 bits per heavy atom. The standard InChI is InChI=1S/C23H25F2N3O5/c1-32-19-13-15(4-9-18(19)33-23(24)25)10-11-26-20(29)14-27-22(31)16-5-7-17(8-6-16)28-12-2-3-21(28)30/h4-9,13,23H,2-3,10-12,14H2,1H3,(H,26,29)(H,27,31). The number of nitrogens with zero attached hydrogens (tertiary/aromatic N) is 1. The summed E-state index contributed by atoms with van der Waals surface area (Å²) in [5.74, 6) is -0.592. The molecule has 2 aromatic rings. The van der Waals surface area contributed by atoms with Crippen LogP contribution >= 0.6 is 0 Å². The molecule has 0 spiro atoms. The fourth-order valence-electron chi connectivity index (χ4n) is 3.45. The first-order valence-corrected chi connectivity index (χ1v) is 10.4. The number of rotatable bonds is 10. The highest BCUT2D eigenvalue weighted by Crippen LogP contribution is 2.29. The second-order valence-electron chi connectivity index (χ2n) is 7.34. The molecule has 8 nitrogen and oxygen atoms in total. The summed E-state index contributed by atoms with van der Waals surface area (Å²) in [6.45, 7) is -2.20. The van der Waals surface area contributed by atoms with E-state index in [4.69, 9.17) is 4.74 Å². The summed E-state index contributed by atoms with van der Waals surface area (Å²) in [7, 11) is 1.35. The van der Waals surface area contributed by atoms with E-state index in [-0.39, 0.29) is 36.4 Å². The van der Waals surface area contributed by atoms with Gasteiger partial charge < -0.3 is 25.0 Å². The predicted molar refractivity (Wildman–Crippen MR) is 117 cm³/mol. The van der Waals surface area contributed by atoms with Crippen molar-refractivity contribution in [3.63, 3.8) is 0 Å². The van der Waals surface area contributed by atoms with Crippen molar-refractivity contribution >= 4 is 23.4 Å². The molecule has 1 saturated heterocycles. The van der Waals surface area contributed by atoms with Gasteiger partial charge in [0.2, 0.25) is 11.8 Å². The molecule has 0 unspecified atom stereocenters. The first-order chi connectivity index (χ1) is 15.9. The lowest BCUT2D eigenvalue weighted by Gasteiger charge is -2.15. The van der Waals surface area contributed by atoms with Gasteiger partial charge in [0.1, 0.15) is 0 Å². The highest BCUT2D eigenvalue weighted by atomic mass is 19.3. The third-order valence-corrected chi connectivity index (χ3v) is 5.10. The van der Waals surface area contributed by atoms with Crippen LogP contribution in [0.3, 0.4) is 0 Å². The number of anilines is 1. The van der Waals surface area contributed by atoms with Crippen molar-refractivity contribution in [2.75, 3.05) is 31.6 Å². The van der Waals surface area contributed by atoms with Gasteiger partial charge >= 0.3 is 6.61 Å². The number of carbonyl (C=O) groups is 3. The summed E-state index contributed by atoms with van der Waals surface area (Å²) in [6.07, 6.45) is 1.78. The molecular formula is C23H25F2N3O5. The van der Waals surface area contributed by atoms with Crippen LogP contribution in [-0.4, -0.2) is 51.1 Å². The number of halogens is 2. The Hall–Kier alpha value is -3.69. The van der Waals surface area contributed by atoms with Gasteiger partial charge in [-0.15, -0.1) is 0 Å². The van der Waals surface area contributed by atoms with Gasteiger partial charge in [0.25, 0.3) is 5.91 Å². The molecule has 176 valence electrons. The quantitative estimate of drug-likeness (QED) is 0.567. The van der Waals surface area contributed by atoms with Crippen molar-refractivity contribution in [1.82, 2.24) is 10.6 Å². The maximum absolute atomic E-state index is 12.4. The van der Waals surface area contributed by atoms with Crippen LogP contribution in [0.4, 0.5) is 14.5 Å². The van der Waals surface area contributed by atoms with Crippen LogP contribution in [-0.2, 0) is 16.0 Å². The summed E-state index contributed by atoms with van der Waals surface area (Å²) in [5.41, 5.74) is 1.89. The van der Waals surface area contributed by atoms with Gasteiger partial charge in [-0.3, -0.25) is 14.4 Å². The number of methoxy groups -OCH3 is 1. The molecule has 0 aromatic heterocycles. The molecule has 33 heavy (non-hydrogen) atoms. The molecular weight excluding hydrogens is 436 g/mol. The van der Waals surface area contributed by atoms with Crippen molar-refractivity contribution in [2.24, 2.45) is 0 Å². The van der Waals surface area contributed by atoms with Crippen LogP contribution in [0, 0.1) is 0 Å². The Bertz CT molecular complexity index is 998. The number of nitrogens with one attached hydrogen (secondary N) is 2. The number of alkyl halides is 2. The lowest BCUT2D eigenvalue weighted by atomic mass is 10.1. The SMILES string of the molecule is COc1cc(CCNC(=O)CNC(=O)c2ccc(N3CCCC3=O)cc2)ccc1OC(F)F. The molecule has 0 bridgehead atoms. The number of hydrogen-bond acceptors (Lipinski definition) is 5. The molecule has 1 heterocycles. The zero-order chi connectivity index (χ0) is 23.8. The van der Waals surface area contributed by atoms with E-state index in [1.54, 1.807) is 41.3 Å². The fraction of sp³-hybridized carbons (Fsp3) is 0.348. The minimum Gasteiger partial charge on any atom is -0.493 e. The maximum Gasteiger partial charge on any atom is 0.387 e. The Kier molecular flexibility index (Phi) is 8.17. The molecule has 0 radical (unpaired) electrons. The van der Waals surface area contributed by atoms with Crippen LogP contribution < -0.4 is 25.0 Å². The Labute approximate surface area is 189 Å². The number of carbonyl (C=O) groups excluding carboxylic acids is 3. The summed E-state index contributed by atoms with van der Waals surface area (Å²) < 4.78 is 34.2. The van der Waals surface area contributed by atoms with E-state index in [0.29, 0.717) is 24.9 Å². The highest BCUT2D eigenvalue weighted by Gasteiger charge is 2.21. The number of hydrogen-bond donors (Lipinski definition) is 2. The topological polar surface area (TPSA) is 97.0 Å². The highest BCUT2D eigenvalue weighted by molar-refractivity contribution is 5.98. The van der Waals surface area contributed by atoms with Crippen molar-refractivity contribution in [3.05, 3.63) is 53.6 Å². The molecule has 10 heteroatoms. The summed E-state index contributed by atoms with van der Waals surface area (Å²) in [4.78, 5) is 37.8. The first kappa shape index (κ1) is 24.0. The lowest BCUT2D eigenvalue weighted by Crippen LogP contribution is -2.37. The summed E-state index contributed by atoms with van der Waals surface area (Å²) >= 11 is 0. The molecule has 0 saturated carbocycles. The molecule has 1 aliphatic heterocycles. The van der Waals surface area contributed by atoms with Gasteiger partial charge in [-0.2, -0.15) is 8.78 Å². The zero-order valence-corrected chi connectivity index (χ0v) is 18.1. The van der Waals surface area contributed by atoms with E-state index in [9.17, 15) is 23.2 Å². The number of benzene rings is 2. The number of amides is 3. The molecule has 1 fully saturated rings. The van der Waals surface area contributed by atoms with Crippen molar-refractivity contribution in [3.8, 4) is 11.5 Å². The normalized spacial score (nSPS) is 13.2. The zero-order valence-electron chi connectivity index (χ0n) is 18.1. The van der Waals surface area contributed by atoms with Crippen molar-refractivity contribution in [2.45, 2.75) is 25.9 Å². The third kappa shape index (κ3) is 6.64. The van der Waals surface area contributed by atoms with Crippen LogP contribution in [0.2, 0.25) is 0 Å². The Morgan fingerprint density at radius 3 is 2.48 bits per heavy atom. The molecule has 0 aliphatic carbocycles. The van der Waals surface area contributed by atoms with E-state index >= 15 is 0 Å². The van der Waals surface area contributed by atoms with Crippen molar-refractivity contribution < 1.29 is 32.6 Å². The smallest absolute Gasteiger partial charge is 0.387 e. The van der Waals surface area contributed by atoms with Crippen LogP contribution in [0.1, 0.15) is 28.8 Å². The van der Waals surface area contributed by atoms with Crippen LogP contribution in [0.25, 0.3) is 0 Å². The fourth-order valence-corrected chi connectivity index (χ4v) is 3.45. The monoisotopic (exact) mass is 461 g/mol. The van der Waals surface area contributed by atoms with Crippen molar-refractivity contribution in [1.29, 1.82) is 0 Å². The van der Waals surface area contributed by atoms with Crippen LogP contribution in [0.5, 0.6) is 11.5 Å². The molecule has 3 rings (SSSR count). The minimum absolute atomic E-state index is 0.0666. The molecule has 2 N–H and O–H groups in total. The van der Waals surface area contributed by atoms with Crippen LogP contribution in [0.15, 0.2) is 42.5 Å². The van der Waals surface area contributed by atoms with E-state index in [0.717, 1.165) is 17.7 Å². The second kappa shape index (κ2) is 11.3. The van der Waals surface area contributed by atoms with Gasteiger partial charge in [-0.25, -0.2) is 0 Å². The number of ether oxygens (including phenoxy) is 2. The first-order valence-electron chi connectivity index (χ1n) is 10.4. The van der Waals surface area contributed by atoms with E-state index < -0.39 is 12.5 Å². The molecule has 2 aromatic carbocycles. The molecule has 0 atom stereocenters. The predicted octanol–water partition coefficient (Wildman–Crippen LogP) is 2.51. The van der Waals surface area contributed by atoms with Gasteiger partial charge in [0, 0.05) is 30.8 Å². The van der Waals surface area contributed by atoms with E-state index in [1.165, 1.54) is 13.2 Å². The lowest BCUT2D eigenvalue weighted by molar-refractivity contribution is -0.120. The average Bonchev–Trinajstić information content (AvgIpc) is 3.24. The Balaban J connectivity index is 1.42. The third-order valence-electron chi connectivity index (χ3n) is 5.10. The summed E-state index contributed by atoms with van der Waals surface area (Å²) in [6, 6.07) is 11.2. The molecule has 1 aliphatic rings. The largest absolute Gasteiger partial charge is 0.493 e. The summed E-state index contributed by atoms with van der Waals surface area (Å²) in [5, 5.41) is 5.23. The Morgan fingerprint density at radius 2 is 1.85 bits per heavy atom. The minimum atomic E-state index is -2.95. The maximum atomic E-state index is 12.4. The van der Waals surface area contributed by atoms with E-state index in [2.05, 4.69) is 15.4 Å². The van der Waals surface area contributed by atoms with E-state index in [1.807, 2.05) is 0 Å². The second-order valence-corrected chi connectivity index (χ2v) is 7.34. The van der Waals surface area contributed by atoms with Gasteiger partial charge in [-0.1, -0.05) is 6.07 Å². The van der Waals surface area contributed by atoms with Gasteiger partial charge in [-0.05, 0) is 54.8 Å².